The van der Waals surface area contributed by atoms with Crippen LogP contribution in [0.5, 0.6) is 0 Å². The van der Waals surface area contributed by atoms with E-state index in [2.05, 4.69) is 11.0 Å². The first-order chi connectivity index (χ1) is 14.1. The molecule has 2 aromatic carbocycles. The topological polar surface area (TPSA) is 45.7 Å². The first-order valence-electron chi connectivity index (χ1n) is 9.46. The van der Waals surface area contributed by atoms with Gasteiger partial charge in [-0.1, -0.05) is 17.4 Å². The van der Waals surface area contributed by atoms with Gasteiger partial charge in [-0.2, -0.15) is 0 Å². The van der Waals surface area contributed by atoms with E-state index in [1.54, 1.807) is 28.8 Å². The fourth-order valence-corrected chi connectivity index (χ4v) is 4.81. The van der Waals surface area contributed by atoms with Gasteiger partial charge in [-0.05, 0) is 42.7 Å². The number of benzene rings is 2. The second kappa shape index (κ2) is 10.5. The van der Waals surface area contributed by atoms with E-state index in [0.717, 1.165) is 34.7 Å². The van der Waals surface area contributed by atoms with Crippen molar-refractivity contribution in [2.75, 3.05) is 50.5 Å². The minimum absolute atomic E-state index is 0. The Balaban J connectivity index is 0.00000256. The van der Waals surface area contributed by atoms with Crippen molar-refractivity contribution < 1.29 is 13.9 Å². The van der Waals surface area contributed by atoms with Gasteiger partial charge in [0.25, 0.3) is 5.91 Å². The largest absolute Gasteiger partial charge is 0.379 e. The Morgan fingerprint density at radius 2 is 2.07 bits per heavy atom. The molecule has 0 atom stereocenters. The van der Waals surface area contributed by atoms with Crippen LogP contribution in [-0.4, -0.2) is 61.4 Å². The predicted molar refractivity (Wildman–Crippen MR) is 124 cm³/mol. The van der Waals surface area contributed by atoms with Crippen LogP contribution in [0.1, 0.15) is 10.4 Å². The molecule has 1 saturated heterocycles. The van der Waals surface area contributed by atoms with Crippen LogP contribution in [0.4, 0.5) is 9.52 Å². The summed E-state index contributed by atoms with van der Waals surface area (Å²) in [5.41, 5.74) is 1.20. The summed E-state index contributed by atoms with van der Waals surface area (Å²) in [7, 11) is 0. The molecule has 0 N–H and O–H groups in total. The minimum Gasteiger partial charge on any atom is -0.379 e. The lowest BCUT2D eigenvalue weighted by molar-refractivity contribution is 0.0391. The van der Waals surface area contributed by atoms with Crippen molar-refractivity contribution in [3.05, 3.63) is 53.8 Å². The van der Waals surface area contributed by atoms with Crippen LogP contribution in [-0.2, 0) is 4.74 Å². The maximum absolute atomic E-state index is 13.7. The highest BCUT2D eigenvalue weighted by atomic mass is 35.5. The van der Waals surface area contributed by atoms with Gasteiger partial charge in [-0.25, -0.2) is 9.37 Å². The zero-order valence-corrected chi connectivity index (χ0v) is 19.0. The molecule has 1 aromatic heterocycles. The van der Waals surface area contributed by atoms with Crippen LogP contribution < -0.4 is 4.90 Å². The van der Waals surface area contributed by atoms with E-state index in [-0.39, 0.29) is 18.3 Å². The number of morpholine rings is 1. The number of ether oxygens (including phenoxy) is 1. The molecule has 2 heterocycles. The van der Waals surface area contributed by atoms with E-state index in [4.69, 9.17) is 9.72 Å². The van der Waals surface area contributed by atoms with E-state index < -0.39 is 5.82 Å². The number of halogens is 2. The summed E-state index contributed by atoms with van der Waals surface area (Å²) in [5.74, 6) is -0.653. The first kappa shape index (κ1) is 23.0. The van der Waals surface area contributed by atoms with E-state index in [1.807, 2.05) is 18.4 Å². The molecule has 1 fully saturated rings. The third-order valence-corrected chi connectivity index (χ3v) is 6.64. The fraction of sp³-hybridized carbons (Fsp3) is 0.333. The molecule has 1 amide bonds. The van der Waals surface area contributed by atoms with Crippen molar-refractivity contribution in [2.45, 2.75) is 4.90 Å². The van der Waals surface area contributed by atoms with Gasteiger partial charge in [0, 0.05) is 36.6 Å². The summed E-state index contributed by atoms with van der Waals surface area (Å²) in [6.07, 6.45) is 2.03. The fourth-order valence-electron chi connectivity index (χ4n) is 3.26. The number of amides is 1. The lowest BCUT2D eigenvalue weighted by Crippen LogP contribution is -2.43. The lowest BCUT2D eigenvalue weighted by Gasteiger charge is -2.29. The number of aromatic nitrogens is 1. The molecule has 9 heteroatoms. The van der Waals surface area contributed by atoms with Crippen LogP contribution in [0.15, 0.2) is 47.4 Å². The Kier molecular flexibility index (Phi) is 8.07. The Labute approximate surface area is 189 Å². The number of hydrogen-bond donors (Lipinski definition) is 0. The molecule has 0 spiro atoms. The molecule has 0 saturated carbocycles. The van der Waals surface area contributed by atoms with Crippen molar-refractivity contribution in [3.8, 4) is 0 Å². The normalized spacial score (nSPS) is 14.5. The highest BCUT2D eigenvalue weighted by molar-refractivity contribution is 7.98. The highest BCUT2D eigenvalue weighted by Crippen LogP contribution is 2.32. The number of rotatable bonds is 6. The molecule has 5 nitrogen and oxygen atoms in total. The number of hydrogen-bond acceptors (Lipinski definition) is 6. The van der Waals surface area contributed by atoms with Gasteiger partial charge in [0.05, 0.1) is 23.4 Å². The predicted octanol–water partition coefficient (Wildman–Crippen LogP) is 4.56. The number of thiazole rings is 1. The van der Waals surface area contributed by atoms with Gasteiger partial charge in [-0.3, -0.25) is 14.6 Å². The standard InChI is InChI=1S/C21H22FN3O2S2.ClH/c1-28-17-5-6-18-19(14-17)29-21(23-18)25(8-7-24-9-11-27-12-10-24)20(26)15-3-2-4-16(22)13-15;/h2-6,13-14H,7-12H2,1H3;1H. The monoisotopic (exact) mass is 467 g/mol. The molecule has 3 aromatic rings. The molecule has 0 aliphatic carbocycles. The van der Waals surface area contributed by atoms with Crippen molar-refractivity contribution >= 4 is 56.8 Å². The molecule has 1 aliphatic heterocycles. The van der Waals surface area contributed by atoms with Crippen molar-refractivity contribution in [1.82, 2.24) is 9.88 Å². The third-order valence-electron chi connectivity index (χ3n) is 4.88. The second-order valence-electron chi connectivity index (χ2n) is 6.75. The van der Waals surface area contributed by atoms with Gasteiger partial charge >= 0.3 is 0 Å². The molecule has 0 bridgehead atoms. The summed E-state index contributed by atoms with van der Waals surface area (Å²) < 4.78 is 20.2. The van der Waals surface area contributed by atoms with Gasteiger partial charge < -0.3 is 4.74 Å². The smallest absolute Gasteiger partial charge is 0.260 e. The van der Waals surface area contributed by atoms with Crippen LogP contribution in [0.2, 0.25) is 0 Å². The maximum atomic E-state index is 13.7. The Morgan fingerprint density at radius 1 is 1.27 bits per heavy atom. The molecule has 0 radical (unpaired) electrons. The Morgan fingerprint density at radius 3 is 2.80 bits per heavy atom. The van der Waals surface area contributed by atoms with Crippen LogP contribution in [0, 0.1) is 5.82 Å². The highest BCUT2D eigenvalue weighted by Gasteiger charge is 2.23. The molecule has 160 valence electrons. The third kappa shape index (κ3) is 5.31. The second-order valence-corrected chi connectivity index (χ2v) is 8.64. The summed E-state index contributed by atoms with van der Waals surface area (Å²) in [5, 5.41) is 0.640. The van der Waals surface area contributed by atoms with Crippen LogP contribution >= 0.6 is 35.5 Å². The summed E-state index contributed by atoms with van der Waals surface area (Å²) >= 11 is 3.17. The van der Waals surface area contributed by atoms with Gasteiger partial charge in [0.15, 0.2) is 5.13 Å². The van der Waals surface area contributed by atoms with Crippen molar-refractivity contribution in [3.63, 3.8) is 0 Å². The number of fused-ring (bicyclic) bond motifs is 1. The molecular weight excluding hydrogens is 445 g/mol. The van der Waals surface area contributed by atoms with Gasteiger partial charge in [0.2, 0.25) is 0 Å². The number of carbonyl (C=O) groups excluding carboxylic acids is 1. The number of carbonyl (C=O) groups is 1. The van der Waals surface area contributed by atoms with Gasteiger partial charge in [-0.15, -0.1) is 24.2 Å². The SMILES string of the molecule is CSc1ccc2nc(N(CCN3CCOCC3)C(=O)c3cccc(F)c3)sc2c1.Cl. The first-order valence-corrected chi connectivity index (χ1v) is 11.5. The van der Waals surface area contributed by atoms with E-state index in [1.165, 1.54) is 23.5 Å². The maximum Gasteiger partial charge on any atom is 0.260 e. The van der Waals surface area contributed by atoms with Crippen LogP contribution in [0.3, 0.4) is 0 Å². The minimum atomic E-state index is -0.419. The zero-order valence-electron chi connectivity index (χ0n) is 16.5. The van der Waals surface area contributed by atoms with Crippen molar-refractivity contribution in [1.29, 1.82) is 0 Å². The molecule has 4 rings (SSSR count). The molecule has 1 aliphatic rings. The molecule has 0 unspecified atom stereocenters. The van der Waals surface area contributed by atoms with Crippen molar-refractivity contribution in [2.24, 2.45) is 0 Å². The average molecular weight is 468 g/mol. The Hall–Kier alpha value is -1.71. The number of anilines is 1. The van der Waals surface area contributed by atoms with Gasteiger partial charge in [0.1, 0.15) is 5.82 Å². The summed E-state index contributed by atoms with van der Waals surface area (Å²) in [6.45, 7) is 4.31. The zero-order chi connectivity index (χ0) is 20.2. The quantitative estimate of drug-likeness (QED) is 0.497. The number of nitrogens with zero attached hydrogens (tertiary/aromatic N) is 3. The number of thioether (sulfide) groups is 1. The average Bonchev–Trinajstić information content (AvgIpc) is 3.17. The van der Waals surface area contributed by atoms with E-state index >= 15 is 0 Å². The van der Waals surface area contributed by atoms with E-state index in [0.29, 0.717) is 30.5 Å². The summed E-state index contributed by atoms with van der Waals surface area (Å²) in [6, 6.07) is 11.9. The summed E-state index contributed by atoms with van der Waals surface area (Å²) in [4.78, 5) is 23.1. The lowest BCUT2D eigenvalue weighted by atomic mass is 10.2. The van der Waals surface area contributed by atoms with Crippen LogP contribution in [0.25, 0.3) is 10.2 Å². The van der Waals surface area contributed by atoms with E-state index in [9.17, 15) is 9.18 Å². The molecule has 30 heavy (non-hydrogen) atoms. The Bertz CT molecular complexity index is 1010. The molecular formula is C21H23ClFN3O2S2.